The first kappa shape index (κ1) is 27.1. The van der Waals surface area contributed by atoms with Crippen molar-refractivity contribution < 1.29 is 19.1 Å². The minimum absolute atomic E-state index is 0.0914. The Morgan fingerprint density at radius 1 is 1.30 bits per heavy atom. The smallest absolute Gasteiger partial charge is 0.414 e. The quantitative estimate of drug-likeness (QED) is 0.207. The number of carbonyl (C=O) groups is 1. The minimum atomic E-state index is -1.96. The van der Waals surface area contributed by atoms with Crippen LogP contribution in [0.1, 0.15) is 46.3 Å². The number of cyclic esters (lactones) is 1. The number of aliphatic hydroxyl groups excluding tert-OH is 1. The molecule has 1 heterocycles. The van der Waals surface area contributed by atoms with Gasteiger partial charge in [0, 0.05) is 10.6 Å². The first-order chi connectivity index (χ1) is 15.4. The fraction of sp³-hybridized carbons (Fsp3) is 0.696. The molecule has 10 heteroatoms. The van der Waals surface area contributed by atoms with Crippen LogP contribution in [0.3, 0.4) is 0 Å². The maximum Gasteiger partial charge on any atom is 0.414 e. The van der Waals surface area contributed by atoms with Crippen LogP contribution in [0.5, 0.6) is 0 Å². The standard InChI is InChI=1S/C23H39N5O4Si/c1-8-27(9-2)20(16-31-33(6,7)23(3,4)5)21(29)17-10-12-18(13-11-17)28-15-19(14-25-26-24)32-22(28)30/h10-13,19-21,29H,8-9,14-16H2,1-7H3/t19-,20+,21-/m0/s1. The summed E-state index contributed by atoms with van der Waals surface area (Å²) in [5, 5.41) is 14.9. The van der Waals surface area contributed by atoms with Crippen molar-refractivity contribution in [1.29, 1.82) is 0 Å². The van der Waals surface area contributed by atoms with E-state index in [1.165, 1.54) is 4.90 Å². The van der Waals surface area contributed by atoms with Gasteiger partial charge in [-0.05, 0) is 54.4 Å². The minimum Gasteiger partial charge on any atom is -0.444 e. The predicted octanol–water partition coefficient (Wildman–Crippen LogP) is 5.09. The topological polar surface area (TPSA) is 111 Å². The molecule has 1 N–H and O–H groups in total. The normalized spacial score (nSPS) is 18.8. The van der Waals surface area contributed by atoms with Crippen LogP contribution < -0.4 is 4.90 Å². The highest BCUT2D eigenvalue weighted by Crippen LogP contribution is 2.37. The van der Waals surface area contributed by atoms with Gasteiger partial charge >= 0.3 is 6.09 Å². The van der Waals surface area contributed by atoms with Crippen LogP contribution in [0, 0.1) is 0 Å². The molecule has 1 aromatic carbocycles. The summed E-state index contributed by atoms with van der Waals surface area (Å²) in [6.07, 6.45) is -1.66. The number of nitrogens with zero attached hydrogens (tertiary/aromatic N) is 5. The molecule has 184 valence electrons. The zero-order chi connectivity index (χ0) is 24.8. The van der Waals surface area contributed by atoms with E-state index in [9.17, 15) is 9.90 Å². The zero-order valence-electron chi connectivity index (χ0n) is 21.0. The number of hydrogen-bond acceptors (Lipinski definition) is 6. The number of ether oxygens (including phenoxy) is 1. The van der Waals surface area contributed by atoms with Gasteiger partial charge in [-0.25, -0.2) is 4.79 Å². The average molecular weight is 478 g/mol. The number of rotatable bonds is 11. The van der Waals surface area contributed by atoms with Crippen molar-refractivity contribution in [3.63, 3.8) is 0 Å². The highest BCUT2D eigenvalue weighted by molar-refractivity contribution is 6.74. The Hall–Kier alpha value is -2.10. The Kier molecular flexibility index (Phi) is 9.34. The van der Waals surface area contributed by atoms with Crippen LogP contribution >= 0.6 is 0 Å². The Bertz CT molecular complexity index is 832. The summed E-state index contributed by atoms with van der Waals surface area (Å²) in [7, 11) is -1.96. The number of benzene rings is 1. The van der Waals surface area contributed by atoms with Gasteiger partial charge in [-0.15, -0.1) is 0 Å². The van der Waals surface area contributed by atoms with E-state index in [0.717, 1.165) is 18.7 Å². The van der Waals surface area contributed by atoms with Crippen LogP contribution in [0.2, 0.25) is 18.1 Å². The van der Waals surface area contributed by atoms with E-state index in [-0.39, 0.29) is 17.6 Å². The Balaban J connectivity index is 2.17. The molecule has 0 unspecified atom stereocenters. The lowest BCUT2D eigenvalue weighted by Crippen LogP contribution is -2.48. The summed E-state index contributed by atoms with van der Waals surface area (Å²) in [4.78, 5) is 18.7. The molecule has 1 amide bonds. The first-order valence-corrected chi connectivity index (χ1v) is 14.5. The molecule has 1 aliphatic heterocycles. The second-order valence-electron chi connectivity index (χ2n) is 9.93. The highest BCUT2D eigenvalue weighted by atomic mass is 28.4. The van der Waals surface area contributed by atoms with Gasteiger partial charge in [0.2, 0.25) is 0 Å². The molecular formula is C23H39N5O4Si. The maximum absolute atomic E-state index is 12.2. The van der Waals surface area contributed by atoms with Gasteiger partial charge in [0.15, 0.2) is 8.32 Å². The van der Waals surface area contributed by atoms with Crippen molar-refractivity contribution in [2.24, 2.45) is 5.11 Å². The summed E-state index contributed by atoms with van der Waals surface area (Å²) in [6.45, 7) is 17.7. The number of hydrogen-bond donors (Lipinski definition) is 1. The second-order valence-corrected chi connectivity index (χ2v) is 14.7. The lowest BCUT2D eigenvalue weighted by atomic mass is 10.0. The van der Waals surface area contributed by atoms with Gasteiger partial charge in [-0.3, -0.25) is 9.80 Å². The number of anilines is 1. The largest absolute Gasteiger partial charge is 0.444 e. The van der Waals surface area contributed by atoms with Crippen molar-refractivity contribution >= 4 is 20.1 Å². The molecule has 33 heavy (non-hydrogen) atoms. The third-order valence-electron chi connectivity index (χ3n) is 6.84. The van der Waals surface area contributed by atoms with Gasteiger partial charge in [-0.1, -0.05) is 51.9 Å². The van der Waals surface area contributed by atoms with Gasteiger partial charge in [0.1, 0.15) is 6.10 Å². The Labute approximate surface area is 198 Å². The van der Waals surface area contributed by atoms with Crippen molar-refractivity contribution in [3.8, 4) is 0 Å². The van der Waals surface area contributed by atoms with E-state index in [0.29, 0.717) is 18.8 Å². The summed E-state index contributed by atoms with van der Waals surface area (Å²) in [6, 6.07) is 7.13. The van der Waals surface area contributed by atoms with E-state index >= 15 is 0 Å². The van der Waals surface area contributed by atoms with E-state index in [1.807, 2.05) is 24.3 Å². The number of carbonyl (C=O) groups excluding carboxylic acids is 1. The second kappa shape index (κ2) is 11.4. The molecule has 9 nitrogen and oxygen atoms in total. The van der Waals surface area contributed by atoms with Crippen molar-refractivity contribution in [2.75, 3.05) is 37.7 Å². The number of amides is 1. The zero-order valence-corrected chi connectivity index (χ0v) is 22.0. The monoisotopic (exact) mass is 477 g/mol. The summed E-state index contributed by atoms with van der Waals surface area (Å²) in [5.74, 6) is 0. The molecule has 1 saturated heterocycles. The average Bonchev–Trinajstić information content (AvgIpc) is 3.14. The molecular weight excluding hydrogens is 438 g/mol. The maximum atomic E-state index is 12.2. The number of aliphatic hydroxyl groups is 1. The highest BCUT2D eigenvalue weighted by Gasteiger charge is 2.39. The van der Waals surface area contributed by atoms with E-state index in [1.54, 1.807) is 0 Å². The third kappa shape index (κ3) is 6.71. The van der Waals surface area contributed by atoms with Crippen molar-refractivity contribution in [2.45, 2.75) is 71.0 Å². The van der Waals surface area contributed by atoms with Crippen LogP contribution in [0.15, 0.2) is 29.4 Å². The van der Waals surface area contributed by atoms with Crippen LogP contribution in [-0.2, 0) is 9.16 Å². The molecule has 1 fully saturated rings. The van der Waals surface area contributed by atoms with Gasteiger partial charge in [0.25, 0.3) is 0 Å². The van der Waals surface area contributed by atoms with E-state index < -0.39 is 26.6 Å². The summed E-state index contributed by atoms with van der Waals surface area (Å²) >= 11 is 0. The lowest BCUT2D eigenvalue weighted by Gasteiger charge is -2.40. The molecule has 0 radical (unpaired) electrons. The molecule has 0 spiro atoms. The van der Waals surface area contributed by atoms with Gasteiger partial charge < -0.3 is 14.3 Å². The molecule has 1 aliphatic rings. The van der Waals surface area contributed by atoms with Crippen LogP contribution in [-0.4, -0.2) is 69.3 Å². The molecule has 0 aromatic heterocycles. The van der Waals surface area contributed by atoms with Crippen LogP contribution in [0.4, 0.5) is 10.5 Å². The number of azide groups is 1. The van der Waals surface area contributed by atoms with Crippen LogP contribution in [0.25, 0.3) is 10.4 Å². The molecule has 0 saturated carbocycles. The molecule has 3 atom stereocenters. The lowest BCUT2D eigenvalue weighted by molar-refractivity contribution is 0.0224. The van der Waals surface area contributed by atoms with E-state index in [4.69, 9.17) is 14.7 Å². The first-order valence-electron chi connectivity index (χ1n) is 11.6. The predicted molar refractivity (Wildman–Crippen MR) is 133 cm³/mol. The SMILES string of the molecule is CCN(CC)[C@H](CO[Si](C)(C)C(C)(C)C)[C@@H](O)c1ccc(N2C[C@H](CN=[N+]=[N-])OC2=O)cc1. The van der Waals surface area contributed by atoms with E-state index in [2.05, 4.69) is 62.6 Å². The fourth-order valence-electron chi connectivity index (χ4n) is 3.63. The summed E-state index contributed by atoms with van der Waals surface area (Å²) in [5.41, 5.74) is 9.92. The molecule has 1 aromatic rings. The summed E-state index contributed by atoms with van der Waals surface area (Å²) < 4.78 is 11.7. The molecule has 0 aliphatic carbocycles. The fourth-order valence-corrected chi connectivity index (χ4v) is 4.65. The van der Waals surface area contributed by atoms with Crippen molar-refractivity contribution in [1.82, 2.24) is 4.90 Å². The Morgan fingerprint density at radius 3 is 2.42 bits per heavy atom. The van der Waals surface area contributed by atoms with Crippen molar-refractivity contribution in [3.05, 3.63) is 40.3 Å². The van der Waals surface area contributed by atoms with Gasteiger partial charge in [0.05, 0.1) is 31.8 Å². The number of likely N-dealkylation sites (N-methyl/N-ethyl adjacent to an activating group) is 1. The van der Waals surface area contributed by atoms with Gasteiger partial charge in [-0.2, -0.15) is 0 Å². The third-order valence-corrected chi connectivity index (χ3v) is 11.3. The Morgan fingerprint density at radius 2 is 1.91 bits per heavy atom. The molecule has 2 rings (SSSR count). The molecule has 0 bridgehead atoms.